The van der Waals surface area contributed by atoms with Crippen LogP contribution in [0.5, 0.6) is 0 Å². The Kier molecular flexibility index (Phi) is 5.65. The zero-order valence-corrected chi connectivity index (χ0v) is 11.8. The summed E-state index contributed by atoms with van der Waals surface area (Å²) in [5, 5.41) is 22.6. The number of nitro groups is 1. The van der Waals surface area contributed by atoms with E-state index < -0.39 is 10.9 Å². The fourth-order valence-electron chi connectivity index (χ4n) is 1.74. The predicted octanol–water partition coefficient (Wildman–Crippen LogP) is 1.26. The number of carbonyl (C=O) groups excluding carboxylic acids is 1. The third-order valence-electron chi connectivity index (χ3n) is 2.78. The number of carboxylic acids is 1. The van der Waals surface area contributed by atoms with Gasteiger partial charge < -0.3 is 15.3 Å². The number of nitro benzene ring substituents is 1. The van der Waals surface area contributed by atoms with E-state index in [1.807, 2.05) is 6.92 Å². The van der Waals surface area contributed by atoms with Gasteiger partial charge in [0.2, 0.25) is 5.91 Å². The highest BCUT2D eigenvalue weighted by Crippen LogP contribution is 2.28. The molecule has 1 aromatic rings. The first kappa shape index (κ1) is 16.4. The average Bonchev–Trinajstić information content (AvgIpc) is 2.44. The van der Waals surface area contributed by atoms with Gasteiger partial charge >= 0.3 is 5.97 Å². The van der Waals surface area contributed by atoms with Crippen molar-refractivity contribution >= 4 is 23.3 Å². The molecule has 0 saturated heterocycles. The lowest BCUT2D eigenvalue weighted by atomic mass is 10.1. The Morgan fingerprint density at radius 3 is 2.62 bits per heavy atom. The quantitative estimate of drug-likeness (QED) is 0.578. The Labute approximate surface area is 121 Å². The van der Waals surface area contributed by atoms with Crippen molar-refractivity contribution in [3.63, 3.8) is 0 Å². The molecule has 0 saturated carbocycles. The second-order valence-corrected chi connectivity index (χ2v) is 4.47. The van der Waals surface area contributed by atoms with Crippen LogP contribution < -0.4 is 10.2 Å². The Morgan fingerprint density at radius 1 is 1.43 bits per heavy atom. The minimum absolute atomic E-state index is 0.0728. The van der Waals surface area contributed by atoms with Crippen LogP contribution in [0.25, 0.3) is 0 Å². The summed E-state index contributed by atoms with van der Waals surface area (Å²) in [5.41, 5.74) is -0.228. The molecule has 0 heterocycles. The van der Waals surface area contributed by atoms with Gasteiger partial charge in [-0.25, -0.2) is 4.79 Å². The number of carbonyl (C=O) groups is 2. The lowest BCUT2D eigenvalue weighted by molar-refractivity contribution is -0.384. The highest BCUT2D eigenvalue weighted by Gasteiger charge is 2.20. The van der Waals surface area contributed by atoms with E-state index in [1.54, 1.807) is 0 Å². The van der Waals surface area contributed by atoms with Gasteiger partial charge in [-0.15, -0.1) is 0 Å². The van der Waals surface area contributed by atoms with Gasteiger partial charge in [0.05, 0.1) is 17.0 Å². The van der Waals surface area contributed by atoms with E-state index in [0.29, 0.717) is 6.54 Å². The monoisotopic (exact) mass is 295 g/mol. The highest BCUT2D eigenvalue weighted by molar-refractivity contribution is 5.91. The van der Waals surface area contributed by atoms with E-state index >= 15 is 0 Å². The van der Waals surface area contributed by atoms with Gasteiger partial charge in [-0.05, 0) is 18.6 Å². The second-order valence-electron chi connectivity index (χ2n) is 4.47. The van der Waals surface area contributed by atoms with Crippen molar-refractivity contribution in [2.75, 3.05) is 25.0 Å². The topological polar surface area (TPSA) is 113 Å². The summed E-state index contributed by atoms with van der Waals surface area (Å²) in [4.78, 5) is 34.3. The standard InChI is InChI=1S/C13H17N3O5/c1-3-6-14-12(17)8-15(2)11-7-9(13(18)19)4-5-10(11)16(20)21/h4-5,7H,3,6,8H2,1-2H3,(H,14,17)(H,18,19). The van der Waals surface area contributed by atoms with Crippen LogP contribution in [0.1, 0.15) is 23.7 Å². The number of likely N-dealkylation sites (N-methyl/N-ethyl adjacent to an activating group) is 1. The number of carboxylic acid groups (broad SMARTS) is 1. The number of rotatable bonds is 7. The summed E-state index contributed by atoms with van der Waals surface area (Å²) in [7, 11) is 1.50. The highest BCUT2D eigenvalue weighted by atomic mass is 16.6. The molecular formula is C13H17N3O5. The maximum Gasteiger partial charge on any atom is 0.335 e. The number of benzene rings is 1. The molecule has 0 bridgehead atoms. The fourth-order valence-corrected chi connectivity index (χ4v) is 1.74. The molecule has 21 heavy (non-hydrogen) atoms. The lowest BCUT2D eigenvalue weighted by Gasteiger charge is -2.19. The molecule has 0 aliphatic carbocycles. The SMILES string of the molecule is CCCNC(=O)CN(C)c1cc(C(=O)O)ccc1[N+](=O)[O-]. The summed E-state index contributed by atoms with van der Waals surface area (Å²) >= 11 is 0. The number of aromatic carboxylic acids is 1. The number of hydrogen-bond acceptors (Lipinski definition) is 5. The maximum absolute atomic E-state index is 11.6. The van der Waals surface area contributed by atoms with Crippen molar-refractivity contribution in [3.05, 3.63) is 33.9 Å². The van der Waals surface area contributed by atoms with E-state index in [2.05, 4.69) is 5.32 Å². The molecule has 0 atom stereocenters. The molecule has 0 aliphatic heterocycles. The van der Waals surface area contributed by atoms with Crippen molar-refractivity contribution in [1.82, 2.24) is 5.32 Å². The van der Waals surface area contributed by atoms with Gasteiger partial charge in [-0.3, -0.25) is 14.9 Å². The molecule has 1 aromatic carbocycles. The molecule has 0 aliphatic rings. The number of anilines is 1. The van der Waals surface area contributed by atoms with Gasteiger partial charge in [0.1, 0.15) is 5.69 Å². The largest absolute Gasteiger partial charge is 0.478 e. The van der Waals surface area contributed by atoms with Crippen LogP contribution in [-0.2, 0) is 4.79 Å². The van der Waals surface area contributed by atoms with Crippen molar-refractivity contribution in [2.45, 2.75) is 13.3 Å². The Balaban J connectivity index is 3.02. The normalized spacial score (nSPS) is 10.0. The second kappa shape index (κ2) is 7.22. The Hall–Kier alpha value is -2.64. The first-order chi connectivity index (χ1) is 9.86. The summed E-state index contributed by atoms with van der Waals surface area (Å²) in [6.07, 6.45) is 0.782. The smallest absolute Gasteiger partial charge is 0.335 e. The molecule has 0 spiro atoms. The van der Waals surface area contributed by atoms with Crippen LogP contribution in [0.15, 0.2) is 18.2 Å². The van der Waals surface area contributed by atoms with Gasteiger partial charge in [-0.2, -0.15) is 0 Å². The van der Waals surface area contributed by atoms with Gasteiger partial charge in [0, 0.05) is 19.7 Å². The number of hydrogen-bond donors (Lipinski definition) is 2. The summed E-state index contributed by atoms with van der Waals surface area (Å²) in [5.74, 6) is -1.47. The average molecular weight is 295 g/mol. The number of amides is 1. The van der Waals surface area contributed by atoms with Crippen LogP contribution in [-0.4, -0.2) is 42.0 Å². The fraction of sp³-hybridized carbons (Fsp3) is 0.385. The first-order valence-electron chi connectivity index (χ1n) is 6.36. The summed E-state index contributed by atoms with van der Waals surface area (Å²) in [6, 6.07) is 3.47. The van der Waals surface area contributed by atoms with E-state index in [4.69, 9.17) is 5.11 Å². The van der Waals surface area contributed by atoms with Crippen molar-refractivity contribution in [2.24, 2.45) is 0 Å². The van der Waals surface area contributed by atoms with Crippen LogP contribution >= 0.6 is 0 Å². The lowest BCUT2D eigenvalue weighted by Crippen LogP contribution is -2.35. The number of nitrogens with zero attached hydrogens (tertiary/aromatic N) is 2. The van der Waals surface area contributed by atoms with Crippen LogP contribution in [0.2, 0.25) is 0 Å². The molecule has 0 fully saturated rings. The molecule has 1 rings (SSSR count). The third-order valence-corrected chi connectivity index (χ3v) is 2.78. The minimum Gasteiger partial charge on any atom is -0.478 e. The molecule has 0 aromatic heterocycles. The molecule has 2 N–H and O–H groups in total. The van der Waals surface area contributed by atoms with Crippen molar-refractivity contribution in [1.29, 1.82) is 0 Å². The minimum atomic E-state index is -1.19. The summed E-state index contributed by atoms with van der Waals surface area (Å²) in [6.45, 7) is 2.33. The summed E-state index contributed by atoms with van der Waals surface area (Å²) < 4.78 is 0. The van der Waals surface area contributed by atoms with Crippen molar-refractivity contribution < 1.29 is 19.6 Å². The van der Waals surface area contributed by atoms with E-state index in [9.17, 15) is 19.7 Å². The van der Waals surface area contributed by atoms with E-state index in [0.717, 1.165) is 18.6 Å². The van der Waals surface area contributed by atoms with Crippen LogP contribution in [0, 0.1) is 10.1 Å². The molecule has 0 radical (unpaired) electrons. The molecule has 8 heteroatoms. The molecule has 0 unspecified atom stereocenters. The molecular weight excluding hydrogens is 278 g/mol. The first-order valence-corrected chi connectivity index (χ1v) is 6.36. The van der Waals surface area contributed by atoms with Crippen molar-refractivity contribution in [3.8, 4) is 0 Å². The number of nitrogens with one attached hydrogen (secondary N) is 1. The molecule has 114 valence electrons. The zero-order valence-electron chi connectivity index (χ0n) is 11.8. The van der Waals surface area contributed by atoms with E-state index in [-0.39, 0.29) is 29.4 Å². The van der Waals surface area contributed by atoms with Gasteiger partial charge in [0.15, 0.2) is 0 Å². The molecule has 8 nitrogen and oxygen atoms in total. The molecule has 1 amide bonds. The third kappa shape index (κ3) is 4.44. The van der Waals surface area contributed by atoms with E-state index in [1.165, 1.54) is 18.0 Å². The van der Waals surface area contributed by atoms with Crippen LogP contribution in [0.3, 0.4) is 0 Å². The Bertz CT molecular complexity index is 559. The van der Waals surface area contributed by atoms with Gasteiger partial charge in [-0.1, -0.05) is 6.92 Å². The maximum atomic E-state index is 11.6. The van der Waals surface area contributed by atoms with Crippen LogP contribution in [0.4, 0.5) is 11.4 Å². The predicted molar refractivity (Wildman–Crippen MR) is 76.6 cm³/mol. The zero-order chi connectivity index (χ0) is 16.0. The Morgan fingerprint density at radius 2 is 2.10 bits per heavy atom. The van der Waals surface area contributed by atoms with Gasteiger partial charge in [0.25, 0.3) is 5.69 Å².